The first-order valence-electron chi connectivity index (χ1n) is 12.8. The summed E-state index contributed by atoms with van der Waals surface area (Å²) < 4.78 is 9.29. The molecule has 0 bridgehead atoms. The third-order valence-electron chi connectivity index (χ3n) is 7.34. The zero-order chi connectivity index (χ0) is 24.5. The number of carbonyl (C=O) groups is 1. The largest absolute Gasteiger partial charge is 0.490 e. The van der Waals surface area contributed by atoms with Crippen LogP contribution in [0.5, 0.6) is 5.75 Å². The van der Waals surface area contributed by atoms with Gasteiger partial charge in [0.05, 0.1) is 21.6 Å². The molecule has 4 heterocycles. The van der Waals surface area contributed by atoms with E-state index in [9.17, 15) is 4.79 Å². The fraction of sp³-hybridized carbons (Fsp3) is 0.345. The van der Waals surface area contributed by atoms with Gasteiger partial charge in [0.15, 0.2) is 0 Å². The van der Waals surface area contributed by atoms with Gasteiger partial charge in [0.25, 0.3) is 5.91 Å². The summed E-state index contributed by atoms with van der Waals surface area (Å²) in [6, 6.07) is 18.8. The van der Waals surface area contributed by atoms with Gasteiger partial charge in [-0.2, -0.15) is 0 Å². The number of thiophene rings is 1. The summed E-state index contributed by atoms with van der Waals surface area (Å²) in [6.45, 7) is 3.82. The molecule has 6 rings (SSSR count). The lowest BCUT2D eigenvalue weighted by Crippen LogP contribution is -2.34. The van der Waals surface area contributed by atoms with Gasteiger partial charge < -0.3 is 24.8 Å². The van der Waals surface area contributed by atoms with E-state index in [2.05, 4.69) is 63.4 Å². The number of aromatic nitrogens is 1. The molecule has 36 heavy (non-hydrogen) atoms. The van der Waals surface area contributed by atoms with Crippen LogP contribution in [0.15, 0.2) is 60.0 Å². The molecule has 4 aromatic rings. The van der Waals surface area contributed by atoms with Crippen LogP contribution in [0.25, 0.3) is 10.2 Å². The summed E-state index contributed by atoms with van der Waals surface area (Å²) in [7, 11) is 1.95. The molecule has 6 nitrogen and oxygen atoms in total. The maximum absolute atomic E-state index is 13.3. The summed E-state index contributed by atoms with van der Waals surface area (Å²) in [4.78, 5) is 15.7. The number of ether oxygens (including phenoxy) is 1. The van der Waals surface area contributed by atoms with E-state index in [1.165, 1.54) is 11.1 Å². The Balaban J connectivity index is 1.20. The van der Waals surface area contributed by atoms with Crippen LogP contribution in [0.4, 0.5) is 11.4 Å². The molecule has 2 aromatic carbocycles. The van der Waals surface area contributed by atoms with Crippen molar-refractivity contribution in [2.45, 2.75) is 38.3 Å². The Bertz CT molecular complexity index is 1370. The van der Waals surface area contributed by atoms with Crippen molar-refractivity contribution in [2.24, 2.45) is 7.05 Å². The predicted molar refractivity (Wildman–Crippen MR) is 148 cm³/mol. The van der Waals surface area contributed by atoms with E-state index in [0.717, 1.165) is 79.2 Å². The summed E-state index contributed by atoms with van der Waals surface area (Å²) in [6.07, 6.45) is 4.55. The number of hydrogen-bond donors (Lipinski definition) is 2. The molecule has 0 radical (unpaired) electrons. The zero-order valence-corrected chi connectivity index (χ0v) is 21.4. The Morgan fingerprint density at radius 2 is 1.97 bits per heavy atom. The second kappa shape index (κ2) is 9.99. The Labute approximate surface area is 215 Å². The Morgan fingerprint density at radius 1 is 1.14 bits per heavy atom. The molecule has 2 aliphatic heterocycles. The predicted octanol–water partition coefficient (Wildman–Crippen LogP) is 5.58. The maximum Gasteiger partial charge on any atom is 0.272 e. The Kier molecular flexibility index (Phi) is 6.42. The average molecular weight is 501 g/mol. The highest BCUT2D eigenvalue weighted by Crippen LogP contribution is 2.36. The number of benzene rings is 2. The number of carbonyl (C=O) groups excluding carboxylic acids is 1. The molecule has 186 valence electrons. The van der Waals surface area contributed by atoms with Crippen molar-refractivity contribution in [3.05, 3.63) is 76.8 Å². The van der Waals surface area contributed by atoms with Crippen molar-refractivity contribution in [3.8, 4) is 5.75 Å². The summed E-state index contributed by atoms with van der Waals surface area (Å²) >= 11 is 1.66. The molecule has 1 amide bonds. The number of amides is 1. The normalized spacial score (nSPS) is 16.2. The number of hydrogen-bond acceptors (Lipinski definition) is 5. The molecule has 2 aromatic heterocycles. The van der Waals surface area contributed by atoms with E-state index >= 15 is 0 Å². The number of para-hydroxylation sites is 1. The van der Waals surface area contributed by atoms with Crippen LogP contribution in [-0.2, 0) is 20.0 Å². The summed E-state index contributed by atoms with van der Waals surface area (Å²) in [5, 5.41) is 8.67. The lowest BCUT2D eigenvalue weighted by molar-refractivity contribution is 0.101. The van der Waals surface area contributed by atoms with Gasteiger partial charge in [-0.05, 0) is 85.6 Å². The van der Waals surface area contributed by atoms with Crippen LogP contribution in [0, 0.1) is 0 Å². The smallest absolute Gasteiger partial charge is 0.272 e. The van der Waals surface area contributed by atoms with E-state index in [-0.39, 0.29) is 5.91 Å². The number of nitrogens with zero attached hydrogens (tertiary/aromatic N) is 2. The molecule has 1 fully saturated rings. The second-order valence-electron chi connectivity index (χ2n) is 9.76. The van der Waals surface area contributed by atoms with E-state index in [4.69, 9.17) is 4.74 Å². The van der Waals surface area contributed by atoms with Crippen LogP contribution < -0.4 is 20.3 Å². The van der Waals surface area contributed by atoms with Gasteiger partial charge in [-0.3, -0.25) is 4.79 Å². The zero-order valence-electron chi connectivity index (χ0n) is 20.6. The van der Waals surface area contributed by atoms with Gasteiger partial charge >= 0.3 is 0 Å². The molecular weight excluding hydrogens is 468 g/mol. The number of anilines is 2. The minimum absolute atomic E-state index is 0.0702. The monoisotopic (exact) mass is 500 g/mol. The Morgan fingerprint density at radius 3 is 2.78 bits per heavy atom. The fourth-order valence-electron chi connectivity index (χ4n) is 5.45. The van der Waals surface area contributed by atoms with Crippen molar-refractivity contribution in [2.75, 3.05) is 29.9 Å². The van der Waals surface area contributed by atoms with Crippen molar-refractivity contribution < 1.29 is 9.53 Å². The highest BCUT2D eigenvalue weighted by atomic mass is 32.1. The van der Waals surface area contributed by atoms with Gasteiger partial charge in [0.1, 0.15) is 17.5 Å². The van der Waals surface area contributed by atoms with Crippen LogP contribution in [-0.4, -0.2) is 36.2 Å². The van der Waals surface area contributed by atoms with Gasteiger partial charge in [-0.25, -0.2) is 0 Å². The molecule has 2 N–H and O–H groups in total. The number of fused-ring (bicyclic) bond motifs is 2. The quantitative estimate of drug-likeness (QED) is 0.363. The number of piperidine rings is 1. The van der Waals surface area contributed by atoms with E-state index in [0.29, 0.717) is 11.8 Å². The van der Waals surface area contributed by atoms with Crippen LogP contribution in [0.1, 0.15) is 40.9 Å². The molecule has 0 saturated carbocycles. The second-order valence-corrected chi connectivity index (χ2v) is 10.7. The molecule has 0 spiro atoms. The topological polar surface area (TPSA) is 58.5 Å². The first-order valence-corrected chi connectivity index (χ1v) is 13.7. The lowest BCUT2D eigenvalue weighted by Gasteiger charge is -2.33. The number of nitrogens with one attached hydrogen (secondary N) is 2. The fourth-order valence-corrected chi connectivity index (χ4v) is 6.30. The molecule has 2 aliphatic rings. The van der Waals surface area contributed by atoms with Gasteiger partial charge in [-0.1, -0.05) is 24.3 Å². The molecule has 1 saturated heterocycles. The first kappa shape index (κ1) is 23.1. The highest BCUT2D eigenvalue weighted by Gasteiger charge is 2.23. The maximum atomic E-state index is 13.3. The van der Waals surface area contributed by atoms with Crippen LogP contribution >= 0.6 is 11.3 Å². The van der Waals surface area contributed by atoms with Crippen molar-refractivity contribution >= 4 is 38.8 Å². The van der Waals surface area contributed by atoms with Crippen LogP contribution in [0.2, 0.25) is 0 Å². The standard InChI is InChI=1S/C29H32N4O2S/c1-32-25-13-17-36-27(25)18-26(32)29(34)31-24-6-2-4-21-5-3-16-33(28(21)24)19-20-7-9-22(10-8-20)35-23-11-14-30-15-12-23/h2,4,6-10,13,17-18,23,30H,3,5,11-12,14-16,19H2,1H3,(H,31,34). The first-order chi connectivity index (χ1) is 17.7. The minimum Gasteiger partial charge on any atom is -0.490 e. The molecule has 0 atom stereocenters. The lowest BCUT2D eigenvalue weighted by atomic mass is 9.99. The van der Waals surface area contributed by atoms with Crippen molar-refractivity contribution in [3.63, 3.8) is 0 Å². The number of rotatable bonds is 6. The molecule has 0 unspecified atom stereocenters. The number of aryl methyl sites for hydroxylation is 2. The molecular formula is C29H32N4O2S. The third kappa shape index (κ3) is 4.61. The van der Waals surface area contributed by atoms with Crippen molar-refractivity contribution in [1.29, 1.82) is 0 Å². The van der Waals surface area contributed by atoms with Gasteiger partial charge in [0, 0.05) is 20.1 Å². The molecule has 7 heteroatoms. The van der Waals surface area contributed by atoms with Gasteiger partial charge in [0.2, 0.25) is 0 Å². The van der Waals surface area contributed by atoms with Crippen LogP contribution in [0.3, 0.4) is 0 Å². The van der Waals surface area contributed by atoms with Crippen molar-refractivity contribution in [1.82, 2.24) is 9.88 Å². The van der Waals surface area contributed by atoms with E-state index in [1.54, 1.807) is 11.3 Å². The molecule has 0 aliphatic carbocycles. The summed E-state index contributed by atoms with van der Waals surface area (Å²) in [5.41, 5.74) is 6.33. The highest BCUT2D eigenvalue weighted by molar-refractivity contribution is 7.17. The third-order valence-corrected chi connectivity index (χ3v) is 8.19. The van der Waals surface area contributed by atoms with E-state index in [1.807, 2.05) is 23.7 Å². The summed E-state index contributed by atoms with van der Waals surface area (Å²) in [5.74, 6) is 0.874. The van der Waals surface area contributed by atoms with Gasteiger partial charge in [-0.15, -0.1) is 11.3 Å². The Hall–Kier alpha value is -3.29. The van der Waals surface area contributed by atoms with E-state index < -0.39 is 0 Å². The SMILES string of the molecule is Cn1c(C(=O)Nc2cccc3c2N(Cc2ccc(OC4CCNCC4)cc2)CCC3)cc2sccc21. The average Bonchev–Trinajstić information content (AvgIpc) is 3.49. The minimum atomic E-state index is -0.0702.